The second-order valence-electron chi connectivity index (χ2n) is 8.32. The number of hydrogen-bond acceptors (Lipinski definition) is 5. The van der Waals surface area contributed by atoms with Crippen molar-refractivity contribution in [2.45, 2.75) is 26.3 Å². The van der Waals surface area contributed by atoms with Gasteiger partial charge in [0.15, 0.2) is 16.9 Å². The summed E-state index contributed by atoms with van der Waals surface area (Å²) in [6, 6.07) is 15.6. The van der Waals surface area contributed by atoms with Gasteiger partial charge in [0.2, 0.25) is 5.76 Å². The molecule has 7 heteroatoms. The number of anilines is 1. The maximum absolute atomic E-state index is 13.8. The van der Waals surface area contributed by atoms with Crippen LogP contribution in [0.2, 0.25) is 0 Å². The monoisotopic (exact) mass is 519 g/mol. The second-order valence-corrected chi connectivity index (χ2v) is 9.18. The van der Waals surface area contributed by atoms with E-state index in [4.69, 9.17) is 9.15 Å². The van der Waals surface area contributed by atoms with Gasteiger partial charge in [-0.05, 0) is 76.8 Å². The van der Waals surface area contributed by atoms with Gasteiger partial charge in [-0.25, -0.2) is 0 Å². The third kappa shape index (κ3) is 3.39. The molecule has 0 radical (unpaired) electrons. The molecule has 1 N–H and O–H groups in total. The minimum Gasteiger partial charge on any atom is -0.503 e. The van der Waals surface area contributed by atoms with Crippen LogP contribution >= 0.6 is 15.9 Å². The van der Waals surface area contributed by atoms with Crippen molar-refractivity contribution in [3.63, 3.8) is 0 Å². The molecule has 6 nitrogen and oxygen atoms in total. The van der Waals surface area contributed by atoms with Crippen LogP contribution in [0.4, 0.5) is 5.69 Å². The number of methoxy groups -OCH3 is 1. The molecule has 0 bridgehead atoms. The number of halogens is 1. The van der Waals surface area contributed by atoms with E-state index in [1.165, 1.54) is 7.11 Å². The van der Waals surface area contributed by atoms with E-state index in [2.05, 4.69) is 22.9 Å². The van der Waals surface area contributed by atoms with Gasteiger partial charge in [0.05, 0.1) is 28.6 Å². The molecule has 3 aromatic carbocycles. The first-order valence-electron chi connectivity index (χ1n) is 10.9. The van der Waals surface area contributed by atoms with Crippen molar-refractivity contribution in [2.24, 2.45) is 0 Å². The molecular weight excluding hydrogens is 498 g/mol. The zero-order valence-electron chi connectivity index (χ0n) is 18.9. The van der Waals surface area contributed by atoms with E-state index >= 15 is 0 Å². The summed E-state index contributed by atoms with van der Waals surface area (Å²) < 4.78 is 11.8. The molecule has 1 atom stereocenters. The lowest BCUT2D eigenvalue weighted by Gasteiger charge is -2.26. The predicted molar refractivity (Wildman–Crippen MR) is 134 cm³/mol. The molecule has 1 unspecified atom stereocenters. The standard InChI is InChI=1S/C27H22BrNO5/c1-4-15-6-8-17(9-7-15)29-23(16-12-19(28)25(31)21(13-16)33-3)22-24(30)18-11-14(2)5-10-20(18)34-26(22)27(29)32/h5-13,23,31H,4H2,1-3H3. The zero-order valence-corrected chi connectivity index (χ0v) is 20.5. The first kappa shape index (κ1) is 22.2. The molecule has 1 aromatic heterocycles. The fourth-order valence-electron chi connectivity index (χ4n) is 4.47. The topological polar surface area (TPSA) is 80.0 Å². The number of aryl methyl sites for hydroxylation is 2. The minimum atomic E-state index is -0.762. The Bertz CT molecular complexity index is 1510. The lowest BCUT2D eigenvalue weighted by Crippen LogP contribution is -2.29. The van der Waals surface area contributed by atoms with Crippen LogP contribution < -0.4 is 15.1 Å². The number of rotatable bonds is 4. The van der Waals surface area contributed by atoms with E-state index in [-0.39, 0.29) is 28.3 Å². The average molecular weight is 520 g/mol. The van der Waals surface area contributed by atoms with Gasteiger partial charge in [0.25, 0.3) is 5.91 Å². The van der Waals surface area contributed by atoms with E-state index in [0.717, 1.165) is 17.5 Å². The van der Waals surface area contributed by atoms with Crippen molar-refractivity contribution in [3.05, 3.63) is 97.3 Å². The minimum absolute atomic E-state index is 0.0223. The lowest BCUT2D eigenvalue weighted by atomic mass is 9.97. The van der Waals surface area contributed by atoms with Crippen LogP contribution in [0.3, 0.4) is 0 Å². The van der Waals surface area contributed by atoms with Gasteiger partial charge >= 0.3 is 0 Å². The number of phenols is 1. The molecule has 0 spiro atoms. The largest absolute Gasteiger partial charge is 0.503 e. The normalized spacial score (nSPS) is 15.1. The SMILES string of the molecule is CCc1ccc(N2C(=O)c3oc4ccc(C)cc4c(=O)c3C2c2cc(Br)c(O)c(OC)c2)cc1. The molecule has 1 aliphatic heterocycles. The van der Waals surface area contributed by atoms with Crippen LogP contribution in [0.5, 0.6) is 11.5 Å². The number of amides is 1. The summed E-state index contributed by atoms with van der Waals surface area (Å²) >= 11 is 3.37. The number of carbonyl (C=O) groups is 1. The van der Waals surface area contributed by atoms with Gasteiger partial charge < -0.3 is 14.3 Å². The van der Waals surface area contributed by atoms with Crippen molar-refractivity contribution in [1.29, 1.82) is 0 Å². The van der Waals surface area contributed by atoms with Crippen molar-refractivity contribution < 1.29 is 19.1 Å². The lowest BCUT2D eigenvalue weighted by molar-refractivity contribution is 0.0971. The van der Waals surface area contributed by atoms with Gasteiger partial charge in [0.1, 0.15) is 5.58 Å². The molecule has 172 valence electrons. The summed E-state index contributed by atoms with van der Waals surface area (Å²) in [7, 11) is 1.45. The third-order valence-electron chi connectivity index (χ3n) is 6.23. The maximum atomic E-state index is 13.8. The van der Waals surface area contributed by atoms with Crippen molar-refractivity contribution in [2.75, 3.05) is 12.0 Å². The summed E-state index contributed by atoms with van der Waals surface area (Å²) in [4.78, 5) is 29.0. The van der Waals surface area contributed by atoms with Gasteiger partial charge in [-0.2, -0.15) is 0 Å². The molecule has 2 heterocycles. The molecule has 1 amide bonds. The Labute approximate surface area is 204 Å². The maximum Gasteiger partial charge on any atom is 0.295 e. The Balaban J connectivity index is 1.82. The van der Waals surface area contributed by atoms with Gasteiger partial charge in [-0.15, -0.1) is 0 Å². The number of aromatic hydroxyl groups is 1. The van der Waals surface area contributed by atoms with E-state index in [1.807, 2.05) is 37.3 Å². The number of nitrogens with zero attached hydrogens (tertiary/aromatic N) is 1. The van der Waals surface area contributed by atoms with Gasteiger partial charge in [-0.1, -0.05) is 30.7 Å². The first-order valence-corrected chi connectivity index (χ1v) is 11.7. The fraction of sp³-hybridized carbons (Fsp3) is 0.185. The molecular formula is C27H22BrNO5. The van der Waals surface area contributed by atoms with Crippen LogP contribution in [0.1, 0.15) is 45.8 Å². The van der Waals surface area contributed by atoms with Crippen LogP contribution in [0.25, 0.3) is 11.0 Å². The van der Waals surface area contributed by atoms with E-state index in [9.17, 15) is 14.7 Å². The Kier molecular flexibility index (Phi) is 5.44. The molecule has 4 aromatic rings. The van der Waals surface area contributed by atoms with Crippen LogP contribution in [-0.2, 0) is 6.42 Å². The summed E-state index contributed by atoms with van der Waals surface area (Å²) in [5.41, 5.74) is 3.68. The molecule has 0 saturated heterocycles. The highest BCUT2D eigenvalue weighted by Gasteiger charge is 2.44. The highest BCUT2D eigenvalue weighted by molar-refractivity contribution is 9.10. The summed E-state index contributed by atoms with van der Waals surface area (Å²) in [5, 5.41) is 10.8. The second kappa shape index (κ2) is 8.33. The number of carbonyl (C=O) groups excluding carboxylic acids is 1. The quantitative estimate of drug-likeness (QED) is 0.363. The molecule has 5 rings (SSSR count). The number of hydrogen-bond donors (Lipinski definition) is 1. The Hall–Kier alpha value is -3.58. The van der Waals surface area contributed by atoms with Crippen molar-refractivity contribution >= 4 is 38.5 Å². The molecule has 0 saturated carbocycles. The molecule has 0 fully saturated rings. The van der Waals surface area contributed by atoms with Crippen LogP contribution in [0.15, 0.2) is 68.3 Å². The summed E-state index contributed by atoms with van der Waals surface area (Å²) in [6.45, 7) is 3.96. The summed E-state index contributed by atoms with van der Waals surface area (Å²) in [5.74, 6) is -0.204. The Morgan fingerprint density at radius 1 is 1.09 bits per heavy atom. The number of benzene rings is 3. The third-order valence-corrected chi connectivity index (χ3v) is 6.84. The van der Waals surface area contributed by atoms with E-state index in [0.29, 0.717) is 26.7 Å². The molecule has 34 heavy (non-hydrogen) atoms. The zero-order chi connectivity index (χ0) is 24.1. The Morgan fingerprint density at radius 2 is 1.82 bits per heavy atom. The molecule has 0 aliphatic carbocycles. The van der Waals surface area contributed by atoms with Gasteiger partial charge in [-0.3, -0.25) is 14.5 Å². The van der Waals surface area contributed by atoms with Crippen molar-refractivity contribution in [1.82, 2.24) is 0 Å². The van der Waals surface area contributed by atoms with Crippen LogP contribution in [-0.4, -0.2) is 18.1 Å². The van der Waals surface area contributed by atoms with E-state index < -0.39 is 11.9 Å². The van der Waals surface area contributed by atoms with Crippen molar-refractivity contribution in [3.8, 4) is 11.5 Å². The summed E-state index contributed by atoms with van der Waals surface area (Å²) in [6.07, 6.45) is 0.866. The van der Waals surface area contributed by atoms with Gasteiger partial charge in [0, 0.05) is 5.69 Å². The molecule has 1 aliphatic rings. The highest BCUT2D eigenvalue weighted by atomic mass is 79.9. The number of fused-ring (bicyclic) bond motifs is 2. The van der Waals surface area contributed by atoms with E-state index in [1.54, 1.807) is 29.2 Å². The number of ether oxygens (including phenoxy) is 1. The average Bonchev–Trinajstić information content (AvgIpc) is 3.13. The fourth-order valence-corrected chi connectivity index (χ4v) is 4.93. The van der Waals surface area contributed by atoms with Crippen LogP contribution in [0, 0.1) is 6.92 Å². The predicted octanol–water partition coefficient (Wildman–Crippen LogP) is 5.89. The first-order chi connectivity index (χ1) is 16.3. The highest BCUT2D eigenvalue weighted by Crippen LogP contribution is 2.45. The Morgan fingerprint density at radius 3 is 2.50 bits per heavy atom. The smallest absolute Gasteiger partial charge is 0.295 e. The number of phenolic OH excluding ortho intramolecular Hbond substituents is 1.